The highest BCUT2D eigenvalue weighted by Gasteiger charge is 2.02. The van der Waals surface area contributed by atoms with Gasteiger partial charge in [0, 0.05) is 18.7 Å². The third-order valence-corrected chi connectivity index (χ3v) is 2.22. The molecule has 0 aliphatic rings. The van der Waals surface area contributed by atoms with Crippen molar-refractivity contribution in [1.82, 2.24) is 20.3 Å². The van der Waals surface area contributed by atoms with Crippen LogP contribution in [-0.4, -0.2) is 21.5 Å². The van der Waals surface area contributed by atoms with E-state index >= 15 is 0 Å². The average Bonchev–Trinajstić information content (AvgIpc) is 2.40. The van der Waals surface area contributed by atoms with Gasteiger partial charge in [0.15, 0.2) is 0 Å². The van der Waals surface area contributed by atoms with Crippen molar-refractivity contribution in [1.29, 1.82) is 0 Å². The van der Waals surface area contributed by atoms with Gasteiger partial charge in [0.05, 0.1) is 17.6 Å². The van der Waals surface area contributed by atoms with Crippen molar-refractivity contribution < 1.29 is 4.74 Å². The molecule has 0 aliphatic carbocycles. The zero-order valence-corrected chi connectivity index (χ0v) is 10.1. The van der Waals surface area contributed by atoms with Crippen LogP contribution < -0.4 is 15.8 Å². The van der Waals surface area contributed by atoms with Crippen molar-refractivity contribution in [3.63, 3.8) is 0 Å². The maximum absolute atomic E-state index is 5.55. The Balaban J connectivity index is 2.06. The molecule has 0 amide bonds. The molecule has 94 valence electrons. The number of ether oxygens (including phenoxy) is 1. The lowest BCUT2D eigenvalue weighted by Gasteiger charge is -2.05. The van der Waals surface area contributed by atoms with Gasteiger partial charge in [-0.25, -0.2) is 15.0 Å². The summed E-state index contributed by atoms with van der Waals surface area (Å²) in [6, 6.07) is 5.20. The first-order valence-corrected chi connectivity index (χ1v) is 5.69. The zero-order chi connectivity index (χ0) is 12.8. The van der Waals surface area contributed by atoms with Crippen LogP contribution in [0.1, 0.15) is 12.6 Å². The number of nitrogens with one attached hydrogen (secondary N) is 1. The van der Waals surface area contributed by atoms with Crippen molar-refractivity contribution in [3.8, 4) is 11.8 Å². The summed E-state index contributed by atoms with van der Waals surface area (Å²) >= 11 is 0. The summed E-state index contributed by atoms with van der Waals surface area (Å²) in [6.07, 6.45) is 3.01. The Bertz CT molecular complexity index is 500. The van der Waals surface area contributed by atoms with Crippen LogP contribution in [0.2, 0.25) is 0 Å². The van der Waals surface area contributed by atoms with Gasteiger partial charge in [-0.15, -0.1) is 0 Å². The first kappa shape index (κ1) is 12.3. The summed E-state index contributed by atoms with van der Waals surface area (Å²) in [5.41, 5.74) is 7.01. The van der Waals surface area contributed by atoms with E-state index in [1.165, 1.54) is 12.5 Å². The molecule has 0 unspecified atom stereocenters. The number of nitrogens with zero attached hydrogens (tertiary/aromatic N) is 3. The number of aromatic nitrogens is 3. The normalized spacial score (nSPS) is 10.3. The molecule has 3 N–H and O–H groups in total. The molecule has 18 heavy (non-hydrogen) atoms. The minimum atomic E-state index is 0.456. The van der Waals surface area contributed by atoms with E-state index in [0.29, 0.717) is 24.0 Å². The van der Waals surface area contributed by atoms with Gasteiger partial charge in [-0.2, -0.15) is 0 Å². The third-order valence-electron chi connectivity index (χ3n) is 2.22. The van der Waals surface area contributed by atoms with Gasteiger partial charge < -0.3 is 15.8 Å². The van der Waals surface area contributed by atoms with Crippen molar-refractivity contribution >= 4 is 5.69 Å². The zero-order valence-electron chi connectivity index (χ0n) is 10.1. The molecule has 2 rings (SSSR count). The Morgan fingerprint density at radius 2 is 2.11 bits per heavy atom. The minimum absolute atomic E-state index is 0.456. The van der Waals surface area contributed by atoms with Crippen molar-refractivity contribution in [2.75, 3.05) is 12.3 Å². The summed E-state index contributed by atoms with van der Waals surface area (Å²) in [5.74, 6) is 0.924. The fraction of sp³-hybridized carbons (Fsp3) is 0.250. The standard InChI is InChI=1S/C12H15N5O/c1-2-14-7-10-5-12(17-8-16-10)18-11-4-3-9(13)6-15-11/h3-6,8,14H,2,7,13H2,1H3. The number of hydrogen-bond acceptors (Lipinski definition) is 6. The minimum Gasteiger partial charge on any atom is -0.421 e. The Kier molecular flexibility index (Phi) is 4.03. The molecule has 0 saturated heterocycles. The number of hydrogen-bond donors (Lipinski definition) is 2. The van der Waals surface area contributed by atoms with E-state index in [9.17, 15) is 0 Å². The molecular formula is C12H15N5O. The second-order valence-corrected chi connectivity index (χ2v) is 3.66. The Labute approximate surface area is 105 Å². The van der Waals surface area contributed by atoms with Crippen LogP contribution in [0, 0.1) is 0 Å². The summed E-state index contributed by atoms with van der Waals surface area (Å²) in [7, 11) is 0. The molecule has 0 bridgehead atoms. The third kappa shape index (κ3) is 3.39. The smallest absolute Gasteiger partial charge is 0.224 e. The van der Waals surface area contributed by atoms with Crippen LogP contribution in [0.3, 0.4) is 0 Å². The number of nitrogen functional groups attached to an aromatic ring is 1. The van der Waals surface area contributed by atoms with Crippen LogP contribution in [0.5, 0.6) is 11.8 Å². The molecular weight excluding hydrogens is 230 g/mol. The Hall–Kier alpha value is -2.21. The van der Waals surface area contributed by atoms with Crippen LogP contribution >= 0.6 is 0 Å². The molecule has 0 aliphatic heterocycles. The van der Waals surface area contributed by atoms with Gasteiger partial charge >= 0.3 is 0 Å². The average molecular weight is 245 g/mol. The predicted molar refractivity (Wildman–Crippen MR) is 68.1 cm³/mol. The molecule has 0 fully saturated rings. The molecule has 6 heteroatoms. The quantitative estimate of drug-likeness (QED) is 0.827. The fourth-order valence-electron chi connectivity index (χ4n) is 1.34. The fourth-order valence-corrected chi connectivity index (χ4v) is 1.34. The van der Waals surface area contributed by atoms with E-state index < -0.39 is 0 Å². The largest absolute Gasteiger partial charge is 0.421 e. The summed E-state index contributed by atoms with van der Waals surface area (Å²) < 4.78 is 5.51. The summed E-state index contributed by atoms with van der Waals surface area (Å²) in [4.78, 5) is 12.2. The summed E-state index contributed by atoms with van der Waals surface area (Å²) in [6.45, 7) is 3.61. The number of rotatable bonds is 5. The molecule has 0 radical (unpaired) electrons. The Morgan fingerprint density at radius 3 is 2.83 bits per heavy atom. The second kappa shape index (κ2) is 5.92. The monoisotopic (exact) mass is 245 g/mol. The lowest BCUT2D eigenvalue weighted by Crippen LogP contribution is -2.13. The summed E-state index contributed by atoms with van der Waals surface area (Å²) in [5, 5.41) is 3.19. The van der Waals surface area contributed by atoms with Gasteiger partial charge in [-0.1, -0.05) is 6.92 Å². The van der Waals surface area contributed by atoms with E-state index in [0.717, 1.165) is 12.2 Å². The SMILES string of the molecule is CCNCc1cc(Oc2ccc(N)cn2)ncn1. The van der Waals surface area contributed by atoms with Gasteiger partial charge in [0.25, 0.3) is 0 Å². The maximum atomic E-state index is 5.55. The van der Waals surface area contributed by atoms with E-state index in [2.05, 4.69) is 20.3 Å². The van der Waals surface area contributed by atoms with Crippen LogP contribution in [0.4, 0.5) is 5.69 Å². The van der Waals surface area contributed by atoms with Crippen LogP contribution in [-0.2, 0) is 6.54 Å². The van der Waals surface area contributed by atoms with E-state index in [1.807, 2.05) is 6.92 Å². The number of nitrogens with two attached hydrogens (primary N) is 1. The molecule has 2 aromatic heterocycles. The van der Waals surface area contributed by atoms with E-state index in [4.69, 9.17) is 10.5 Å². The van der Waals surface area contributed by atoms with Gasteiger partial charge in [0.1, 0.15) is 6.33 Å². The molecule has 0 aromatic carbocycles. The van der Waals surface area contributed by atoms with Crippen molar-refractivity contribution in [2.24, 2.45) is 0 Å². The van der Waals surface area contributed by atoms with Crippen LogP contribution in [0.15, 0.2) is 30.7 Å². The first-order chi connectivity index (χ1) is 8.78. The first-order valence-electron chi connectivity index (χ1n) is 5.69. The van der Waals surface area contributed by atoms with Gasteiger partial charge in [-0.3, -0.25) is 0 Å². The molecule has 0 atom stereocenters. The number of pyridine rings is 1. The highest BCUT2D eigenvalue weighted by atomic mass is 16.5. The van der Waals surface area contributed by atoms with Gasteiger partial charge in [0.2, 0.25) is 11.8 Å². The second-order valence-electron chi connectivity index (χ2n) is 3.66. The van der Waals surface area contributed by atoms with E-state index in [1.54, 1.807) is 18.2 Å². The van der Waals surface area contributed by atoms with Crippen molar-refractivity contribution in [3.05, 3.63) is 36.4 Å². The lowest BCUT2D eigenvalue weighted by molar-refractivity contribution is 0.442. The van der Waals surface area contributed by atoms with Crippen LogP contribution in [0.25, 0.3) is 0 Å². The predicted octanol–water partition coefficient (Wildman–Crippen LogP) is 1.36. The van der Waals surface area contributed by atoms with Crippen molar-refractivity contribution in [2.45, 2.75) is 13.5 Å². The van der Waals surface area contributed by atoms with E-state index in [-0.39, 0.29) is 0 Å². The lowest BCUT2D eigenvalue weighted by atomic mass is 10.4. The topological polar surface area (TPSA) is 86.0 Å². The molecule has 2 heterocycles. The maximum Gasteiger partial charge on any atom is 0.224 e. The molecule has 2 aromatic rings. The Morgan fingerprint density at radius 1 is 1.22 bits per heavy atom. The number of anilines is 1. The molecule has 0 spiro atoms. The highest BCUT2D eigenvalue weighted by molar-refractivity contribution is 5.36. The van der Waals surface area contributed by atoms with Gasteiger partial charge in [-0.05, 0) is 12.6 Å². The molecule has 0 saturated carbocycles. The highest BCUT2D eigenvalue weighted by Crippen LogP contribution is 2.17. The molecule has 6 nitrogen and oxygen atoms in total.